The minimum absolute atomic E-state index is 0.00233. The third-order valence-corrected chi connectivity index (χ3v) is 9.06. The van der Waals surface area contributed by atoms with Crippen molar-refractivity contribution in [2.45, 2.75) is 52.1 Å². The van der Waals surface area contributed by atoms with Gasteiger partial charge in [0.1, 0.15) is 10.3 Å². The number of rotatable bonds is 6. The summed E-state index contributed by atoms with van der Waals surface area (Å²) in [5, 5.41) is 0. The smallest absolute Gasteiger partial charge is 0.227 e. The molecule has 1 saturated carbocycles. The van der Waals surface area contributed by atoms with Gasteiger partial charge >= 0.3 is 0 Å². The summed E-state index contributed by atoms with van der Waals surface area (Å²) in [5.74, 6) is 1.22. The Hall–Kier alpha value is -1.18. The monoisotopic (exact) mass is 488 g/mol. The van der Waals surface area contributed by atoms with Gasteiger partial charge in [-0.15, -0.1) is 0 Å². The highest BCUT2D eigenvalue weighted by atomic mass is 35.5. The molecular weight excluding hydrogens is 459 g/mol. The number of furan rings is 1. The predicted octanol–water partition coefficient (Wildman–Crippen LogP) is 4.38. The van der Waals surface area contributed by atoms with Crippen molar-refractivity contribution in [2.75, 3.05) is 29.5 Å². The Morgan fingerprint density at radius 2 is 1.97 bits per heavy atom. The molecule has 3 fully saturated rings. The molecule has 9 heteroatoms. The molecule has 3 aliphatic rings. The summed E-state index contributed by atoms with van der Waals surface area (Å²) in [6, 6.07) is 3.52. The fourth-order valence-corrected chi connectivity index (χ4v) is 7.09. The summed E-state index contributed by atoms with van der Waals surface area (Å²) in [6.07, 6.45) is 5.71. The minimum Gasteiger partial charge on any atom is -0.444 e. The van der Waals surface area contributed by atoms with Crippen molar-refractivity contribution in [1.29, 1.82) is 0 Å². The van der Waals surface area contributed by atoms with Crippen LogP contribution < -0.4 is 4.90 Å². The molecule has 0 spiro atoms. The number of amides is 1. The van der Waals surface area contributed by atoms with Crippen molar-refractivity contribution >= 4 is 44.8 Å². The van der Waals surface area contributed by atoms with Crippen molar-refractivity contribution in [3.05, 3.63) is 28.5 Å². The average molecular weight is 489 g/mol. The number of hydrogen-bond donors (Lipinski definition) is 0. The number of halogens is 2. The van der Waals surface area contributed by atoms with Crippen LogP contribution in [0.15, 0.2) is 27.1 Å². The number of piperidine rings is 1. The largest absolute Gasteiger partial charge is 0.444 e. The first-order valence-electron chi connectivity index (χ1n) is 11.0. The summed E-state index contributed by atoms with van der Waals surface area (Å²) < 4.78 is 30.5. The van der Waals surface area contributed by atoms with Gasteiger partial charge in [0, 0.05) is 25.2 Å². The Morgan fingerprint density at radius 1 is 1.26 bits per heavy atom. The van der Waals surface area contributed by atoms with Gasteiger partial charge in [0.2, 0.25) is 5.91 Å². The van der Waals surface area contributed by atoms with E-state index in [9.17, 15) is 13.2 Å². The molecule has 0 radical (unpaired) electrons. The molecule has 2 aliphatic heterocycles. The van der Waals surface area contributed by atoms with E-state index in [2.05, 4.69) is 4.90 Å². The standard InChI is InChI=1S/C22H30Cl2N2O4S/c1-22(2)17(12-18(23)24)20(22)21(27)26(15-8-11-31(28,29)14-15)13-16-6-7-19(30-16)25-9-4-3-5-10-25/h6-7,12,15,17,20H,3-5,8-11,13-14H2,1-2H3. The van der Waals surface area contributed by atoms with Crippen molar-refractivity contribution < 1.29 is 17.6 Å². The molecule has 1 aliphatic carbocycles. The number of allylic oxidation sites excluding steroid dienone is 1. The highest BCUT2D eigenvalue weighted by molar-refractivity contribution is 7.91. The summed E-state index contributed by atoms with van der Waals surface area (Å²) >= 11 is 11.7. The number of sulfone groups is 1. The summed E-state index contributed by atoms with van der Waals surface area (Å²) in [7, 11) is -3.13. The molecule has 4 rings (SSSR count). The van der Waals surface area contributed by atoms with Crippen LogP contribution in [0.2, 0.25) is 0 Å². The maximum absolute atomic E-state index is 13.6. The van der Waals surface area contributed by atoms with Crippen LogP contribution in [0, 0.1) is 17.3 Å². The molecule has 3 heterocycles. The second kappa shape index (κ2) is 8.64. The molecule has 2 saturated heterocycles. The van der Waals surface area contributed by atoms with Gasteiger partial charge in [0.05, 0.1) is 24.0 Å². The highest BCUT2D eigenvalue weighted by Crippen LogP contribution is 2.60. The fraction of sp³-hybridized carbons (Fsp3) is 0.682. The normalized spacial score (nSPS) is 28.9. The van der Waals surface area contributed by atoms with Crippen LogP contribution >= 0.6 is 23.2 Å². The predicted molar refractivity (Wildman–Crippen MR) is 123 cm³/mol. The van der Waals surface area contributed by atoms with Crippen LogP contribution in [0.4, 0.5) is 5.88 Å². The van der Waals surface area contributed by atoms with Crippen LogP contribution in [-0.2, 0) is 21.2 Å². The van der Waals surface area contributed by atoms with Crippen molar-refractivity contribution in [2.24, 2.45) is 17.3 Å². The van der Waals surface area contributed by atoms with Crippen LogP contribution in [0.25, 0.3) is 0 Å². The summed E-state index contributed by atoms with van der Waals surface area (Å²) in [5.41, 5.74) is -0.274. The molecule has 3 atom stereocenters. The van der Waals surface area contributed by atoms with Gasteiger partial charge in [-0.05, 0) is 49.2 Å². The lowest BCUT2D eigenvalue weighted by Gasteiger charge is -2.29. The van der Waals surface area contributed by atoms with Crippen LogP contribution in [0.3, 0.4) is 0 Å². The van der Waals surface area contributed by atoms with E-state index in [0.717, 1.165) is 31.8 Å². The first-order chi connectivity index (χ1) is 14.6. The second-order valence-corrected chi connectivity index (χ2v) is 12.8. The van der Waals surface area contributed by atoms with E-state index in [0.29, 0.717) is 12.2 Å². The number of hydrogen-bond acceptors (Lipinski definition) is 5. The zero-order chi connectivity index (χ0) is 22.4. The van der Waals surface area contributed by atoms with Gasteiger partial charge in [-0.3, -0.25) is 4.79 Å². The molecule has 0 N–H and O–H groups in total. The third-order valence-electron chi connectivity index (χ3n) is 7.06. The van der Waals surface area contributed by atoms with Gasteiger partial charge in [-0.1, -0.05) is 37.0 Å². The third kappa shape index (κ3) is 4.93. The van der Waals surface area contributed by atoms with Crippen molar-refractivity contribution in [3.63, 3.8) is 0 Å². The average Bonchev–Trinajstić information content (AvgIpc) is 3.07. The number of carbonyl (C=O) groups excluding carboxylic acids is 1. The molecule has 3 unspecified atom stereocenters. The van der Waals surface area contributed by atoms with E-state index in [-0.39, 0.29) is 51.7 Å². The van der Waals surface area contributed by atoms with Crippen LogP contribution in [0.5, 0.6) is 0 Å². The van der Waals surface area contributed by atoms with E-state index in [4.69, 9.17) is 27.6 Å². The molecule has 0 aromatic carbocycles. The Morgan fingerprint density at radius 3 is 2.58 bits per heavy atom. The second-order valence-electron chi connectivity index (χ2n) is 9.59. The molecule has 6 nitrogen and oxygen atoms in total. The van der Waals surface area contributed by atoms with Gasteiger partial charge in [0.15, 0.2) is 15.7 Å². The van der Waals surface area contributed by atoms with E-state index in [1.54, 1.807) is 11.0 Å². The van der Waals surface area contributed by atoms with Gasteiger partial charge in [-0.25, -0.2) is 8.42 Å². The quantitative estimate of drug-likeness (QED) is 0.593. The first-order valence-corrected chi connectivity index (χ1v) is 13.5. The molecule has 1 aromatic rings. The number of anilines is 1. The van der Waals surface area contributed by atoms with Crippen LogP contribution in [0.1, 0.15) is 45.3 Å². The summed E-state index contributed by atoms with van der Waals surface area (Å²) in [4.78, 5) is 17.5. The molecule has 1 aromatic heterocycles. The molecular formula is C22H30Cl2N2O4S. The van der Waals surface area contributed by atoms with Crippen LogP contribution in [-0.4, -0.2) is 49.9 Å². The number of nitrogens with zero attached hydrogens (tertiary/aromatic N) is 2. The topological polar surface area (TPSA) is 70.8 Å². The van der Waals surface area contributed by atoms with Gasteiger partial charge < -0.3 is 14.2 Å². The van der Waals surface area contributed by atoms with Gasteiger partial charge in [0.25, 0.3) is 0 Å². The molecule has 172 valence electrons. The molecule has 1 amide bonds. The zero-order valence-corrected chi connectivity index (χ0v) is 20.3. The maximum Gasteiger partial charge on any atom is 0.227 e. The number of carbonyl (C=O) groups is 1. The zero-order valence-electron chi connectivity index (χ0n) is 18.0. The van der Waals surface area contributed by atoms with Crippen molar-refractivity contribution in [3.8, 4) is 0 Å². The fourth-order valence-electron chi connectivity index (χ4n) is 5.09. The lowest BCUT2D eigenvalue weighted by Crippen LogP contribution is -2.42. The van der Waals surface area contributed by atoms with E-state index >= 15 is 0 Å². The Kier molecular flexibility index (Phi) is 6.41. The Bertz CT molecular complexity index is 962. The first kappa shape index (κ1) is 23.0. The Balaban J connectivity index is 1.55. The van der Waals surface area contributed by atoms with E-state index in [1.807, 2.05) is 26.0 Å². The molecule has 31 heavy (non-hydrogen) atoms. The molecule has 0 bridgehead atoms. The van der Waals surface area contributed by atoms with E-state index in [1.165, 1.54) is 6.42 Å². The SMILES string of the molecule is CC1(C)C(C=C(Cl)Cl)C1C(=O)N(Cc1ccc(N2CCCCC2)o1)C1CCS(=O)(=O)C1. The lowest BCUT2D eigenvalue weighted by atomic mass is 10.1. The lowest BCUT2D eigenvalue weighted by molar-refractivity contribution is -0.136. The van der Waals surface area contributed by atoms with Crippen molar-refractivity contribution in [1.82, 2.24) is 4.90 Å². The minimum atomic E-state index is -3.13. The highest BCUT2D eigenvalue weighted by Gasteiger charge is 2.62. The Labute approximate surface area is 194 Å². The summed E-state index contributed by atoms with van der Waals surface area (Å²) in [6.45, 7) is 6.24. The van der Waals surface area contributed by atoms with E-state index < -0.39 is 9.84 Å². The maximum atomic E-state index is 13.6. The van der Waals surface area contributed by atoms with Gasteiger partial charge in [-0.2, -0.15) is 0 Å².